The summed E-state index contributed by atoms with van der Waals surface area (Å²) in [5, 5.41) is 10.6. The summed E-state index contributed by atoms with van der Waals surface area (Å²) in [4.78, 5) is 18.8. The molecular formula is C23H20FN3O2. The minimum absolute atomic E-state index is 0.0802. The molecule has 146 valence electrons. The smallest absolute Gasteiger partial charge is 0.176 e. The van der Waals surface area contributed by atoms with Gasteiger partial charge in [0, 0.05) is 37.3 Å². The number of imidazole rings is 1. The van der Waals surface area contributed by atoms with Crippen LogP contribution in [0.5, 0.6) is 0 Å². The van der Waals surface area contributed by atoms with E-state index in [0.29, 0.717) is 22.4 Å². The maximum Gasteiger partial charge on any atom is 0.176 e. The Hall–Kier alpha value is -3.67. The first-order chi connectivity index (χ1) is 13.9. The van der Waals surface area contributed by atoms with Gasteiger partial charge in [-0.3, -0.25) is 4.79 Å². The van der Waals surface area contributed by atoms with Crippen LogP contribution in [0.25, 0.3) is 22.4 Å². The van der Waals surface area contributed by atoms with Gasteiger partial charge in [0.2, 0.25) is 0 Å². The molecule has 0 bridgehead atoms. The average molecular weight is 389 g/mol. The molecule has 0 aliphatic carbocycles. The van der Waals surface area contributed by atoms with E-state index in [-0.39, 0.29) is 18.0 Å². The Morgan fingerprint density at radius 2 is 1.72 bits per heavy atom. The summed E-state index contributed by atoms with van der Waals surface area (Å²) >= 11 is 0. The van der Waals surface area contributed by atoms with E-state index < -0.39 is 0 Å². The van der Waals surface area contributed by atoms with E-state index in [1.54, 1.807) is 0 Å². The molecule has 0 fully saturated rings. The number of nitrogens with zero attached hydrogens (tertiary/aromatic N) is 3. The predicted molar refractivity (Wildman–Crippen MR) is 111 cm³/mol. The fourth-order valence-corrected chi connectivity index (χ4v) is 3.21. The molecule has 1 N–H and O–H groups in total. The molecule has 0 atom stereocenters. The molecule has 1 heterocycles. The SMILES string of the molecule is CN(C)c1ccc2nc(-c3ccc(CC(=O)c4ccc(F)cc4)cc3)n(O)c2c1. The summed E-state index contributed by atoms with van der Waals surface area (Å²) in [5.74, 6) is -0.00817. The number of aromatic nitrogens is 2. The minimum atomic E-state index is -0.365. The highest BCUT2D eigenvalue weighted by Crippen LogP contribution is 2.26. The van der Waals surface area contributed by atoms with Gasteiger partial charge in [-0.25, -0.2) is 9.37 Å². The molecule has 0 spiro atoms. The number of benzene rings is 3. The molecule has 0 aliphatic heterocycles. The number of rotatable bonds is 5. The maximum atomic E-state index is 13.0. The Morgan fingerprint density at radius 3 is 2.38 bits per heavy atom. The van der Waals surface area contributed by atoms with Gasteiger partial charge >= 0.3 is 0 Å². The highest BCUT2D eigenvalue weighted by Gasteiger charge is 2.14. The summed E-state index contributed by atoms with van der Waals surface area (Å²) in [6.07, 6.45) is 0.216. The van der Waals surface area contributed by atoms with Crippen molar-refractivity contribution in [1.29, 1.82) is 0 Å². The lowest BCUT2D eigenvalue weighted by Crippen LogP contribution is -2.08. The van der Waals surface area contributed by atoms with E-state index in [0.717, 1.165) is 21.5 Å². The van der Waals surface area contributed by atoms with Crippen LogP contribution in [0.2, 0.25) is 0 Å². The van der Waals surface area contributed by atoms with Gasteiger partial charge in [0.05, 0.1) is 5.52 Å². The highest BCUT2D eigenvalue weighted by atomic mass is 19.1. The van der Waals surface area contributed by atoms with E-state index in [9.17, 15) is 14.4 Å². The standard InChI is InChI=1S/C23H20FN3O2/c1-26(2)19-11-12-20-21(14-19)27(29)23(25-20)17-5-3-15(4-6-17)13-22(28)16-7-9-18(24)10-8-16/h3-12,14,29H,13H2,1-2H3. The van der Waals surface area contributed by atoms with Crippen LogP contribution in [0, 0.1) is 5.82 Å². The number of halogens is 1. The maximum absolute atomic E-state index is 13.0. The summed E-state index contributed by atoms with van der Waals surface area (Å²) < 4.78 is 14.1. The largest absolute Gasteiger partial charge is 0.426 e. The summed E-state index contributed by atoms with van der Waals surface area (Å²) in [6, 6.07) is 18.6. The number of carbonyl (C=O) groups is 1. The first-order valence-electron chi connectivity index (χ1n) is 9.19. The van der Waals surface area contributed by atoms with E-state index in [1.807, 2.05) is 61.5 Å². The Morgan fingerprint density at radius 1 is 1.03 bits per heavy atom. The van der Waals surface area contributed by atoms with Crippen LogP contribution >= 0.6 is 0 Å². The van der Waals surface area contributed by atoms with Crippen molar-refractivity contribution in [3.05, 3.63) is 83.7 Å². The monoisotopic (exact) mass is 389 g/mol. The second-order valence-corrected chi connectivity index (χ2v) is 7.12. The third-order valence-corrected chi connectivity index (χ3v) is 4.87. The molecule has 4 aromatic rings. The topological polar surface area (TPSA) is 58.4 Å². The quantitative estimate of drug-likeness (QED) is 0.401. The molecule has 29 heavy (non-hydrogen) atoms. The molecule has 6 heteroatoms. The molecule has 0 aliphatic rings. The normalized spacial score (nSPS) is 11.0. The fraction of sp³-hybridized carbons (Fsp3) is 0.130. The third-order valence-electron chi connectivity index (χ3n) is 4.87. The molecule has 0 radical (unpaired) electrons. The minimum Gasteiger partial charge on any atom is -0.426 e. The second kappa shape index (κ2) is 7.39. The van der Waals surface area contributed by atoms with Gasteiger partial charge in [0.1, 0.15) is 11.3 Å². The van der Waals surface area contributed by atoms with Crippen molar-refractivity contribution >= 4 is 22.5 Å². The third kappa shape index (κ3) is 3.69. The zero-order valence-electron chi connectivity index (χ0n) is 16.1. The molecule has 0 amide bonds. The van der Waals surface area contributed by atoms with Crippen LogP contribution in [-0.4, -0.2) is 34.8 Å². The van der Waals surface area contributed by atoms with Gasteiger partial charge in [-0.1, -0.05) is 24.3 Å². The van der Waals surface area contributed by atoms with Crippen molar-refractivity contribution in [2.75, 3.05) is 19.0 Å². The highest BCUT2D eigenvalue weighted by molar-refractivity contribution is 5.97. The van der Waals surface area contributed by atoms with E-state index in [4.69, 9.17) is 0 Å². The summed E-state index contributed by atoms with van der Waals surface area (Å²) in [7, 11) is 3.87. The number of ketones is 1. The first-order valence-corrected chi connectivity index (χ1v) is 9.19. The van der Waals surface area contributed by atoms with Crippen molar-refractivity contribution < 1.29 is 14.4 Å². The lowest BCUT2D eigenvalue weighted by molar-refractivity contribution is 0.0993. The Kier molecular flexibility index (Phi) is 4.76. The van der Waals surface area contributed by atoms with E-state index >= 15 is 0 Å². The van der Waals surface area contributed by atoms with Crippen molar-refractivity contribution in [1.82, 2.24) is 9.71 Å². The van der Waals surface area contributed by atoms with Gasteiger partial charge in [0.25, 0.3) is 0 Å². The number of Topliss-reactive ketones (excluding diaryl/α,β-unsaturated/α-hetero) is 1. The lowest BCUT2D eigenvalue weighted by Gasteiger charge is -2.11. The summed E-state index contributed by atoms with van der Waals surface area (Å²) in [6.45, 7) is 0. The molecule has 1 aromatic heterocycles. The molecular weight excluding hydrogens is 369 g/mol. The van der Waals surface area contributed by atoms with Gasteiger partial charge in [0.15, 0.2) is 11.6 Å². The van der Waals surface area contributed by atoms with Gasteiger partial charge < -0.3 is 10.1 Å². The fourth-order valence-electron chi connectivity index (χ4n) is 3.21. The summed E-state index contributed by atoms with van der Waals surface area (Å²) in [5.41, 5.74) is 4.34. The van der Waals surface area contributed by atoms with Crippen LogP contribution in [0.4, 0.5) is 10.1 Å². The second-order valence-electron chi connectivity index (χ2n) is 7.12. The zero-order valence-corrected chi connectivity index (χ0v) is 16.1. The van der Waals surface area contributed by atoms with Gasteiger partial charge in [-0.05, 0) is 48.0 Å². The van der Waals surface area contributed by atoms with Crippen LogP contribution < -0.4 is 4.90 Å². The van der Waals surface area contributed by atoms with Crippen molar-refractivity contribution in [2.24, 2.45) is 0 Å². The molecule has 0 unspecified atom stereocenters. The molecule has 3 aromatic carbocycles. The van der Waals surface area contributed by atoms with Crippen LogP contribution in [0.15, 0.2) is 66.7 Å². The van der Waals surface area contributed by atoms with Crippen LogP contribution in [0.1, 0.15) is 15.9 Å². The molecule has 0 saturated carbocycles. The van der Waals surface area contributed by atoms with Crippen molar-refractivity contribution in [3.63, 3.8) is 0 Å². The van der Waals surface area contributed by atoms with E-state index in [1.165, 1.54) is 24.3 Å². The van der Waals surface area contributed by atoms with Crippen LogP contribution in [-0.2, 0) is 6.42 Å². The van der Waals surface area contributed by atoms with E-state index in [2.05, 4.69) is 4.98 Å². The zero-order chi connectivity index (χ0) is 20.5. The van der Waals surface area contributed by atoms with Crippen LogP contribution in [0.3, 0.4) is 0 Å². The van der Waals surface area contributed by atoms with Crippen molar-refractivity contribution in [3.8, 4) is 11.4 Å². The van der Waals surface area contributed by atoms with Gasteiger partial charge in [-0.2, -0.15) is 4.73 Å². The number of hydrogen-bond acceptors (Lipinski definition) is 4. The number of fused-ring (bicyclic) bond motifs is 1. The van der Waals surface area contributed by atoms with Crippen molar-refractivity contribution in [2.45, 2.75) is 6.42 Å². The average Bonchev–Trinajstić information content (AvgIpc) is 3.05. The predicted octanol–water partition coefficient (Wildman–Crippen LogP) is 4.57. The number of hydrogen-bond donors (Lipinski definition) is 1. The molecule has 5 nitrogen and oxygen atoms in total. The lowest BCUT2D eigenvalue weighted by atomic mass is 10.0. The Labute approximate surface area is 167 Å². The first kappa shape index (κ1) is 18.7. The van der Waals surface area contributed by atoms with Gasteiger partial charge in [-0.15, -0.1) is 0 Å². The molecule has 0 saturated heterocycles. The number of anilines is 1. The number of carbonyl (C=O) groups excluding carboxylic acids is 1. The Balaban J connectivity index is 1.58. The Bertz CT molecular complexity index is 1180. The molecule has 4 rings (SSSR count).